The lowest BCUT2D eigenvalue weighted by atomic mass is 9.70. The largest absolute Gasteiger partial charge is 0.465 e. The maximum Gasteiger partial charge on any atom is 0.317 e. The van der Waals surface area contributed by atoms with Crippen LogP contribution in [0.4, 0.5) is 0 Å². The molecule has 0 amide bonds. The molecule has 0 saturated heterocycles. The molecule has 2 rings (SSSR count). The minimum atomic E-state index is -0.763. The van der Waals surface area contributed by atoms with Crippen molar-refractivity contribution in [2.24, 2.45) is 11.3 Å². The van der Waals surface area contributed by atoms with Crippen LogP contribution in [-0.2, 0) is 14.3 Å². The lowest BCUT2D eigenvalue weighted by Crippen LogP contribution is -2.41. The molecule has 0 saturated carbocycles. The quantitative estimate of drug-likeness (QED) is 0.631. The number of carbonyl (C=O) groups excluding carboxylic acids is 2. The molecule has 0 heterocycles. The van der Waals surface area contributed by atoms with Crippen LogP contribution in [-0.4, -0.2) is 18.4 Å². The first-order valence-electron chi connectivity index (χ1n) is 7.08. The van der Waals surface area contributed by atoms with E-state index in [2.05, 4.69) is 0 Å². The third-order valence-corrected chi connectivity index (χ3v) is 3.51. The average molecular weight is 288 g/mol. The fourth-order valence-corrected chi connectivity index (χ4v) is 2.60. The van der Waals surface area contributed by atoms with Gasteiger partial charge in [0.05, 0.1) is 6.61 Å². The van der Waals surface area contributed by atoms with Crippen LogP contribution in [0.3, 0.4) is 0 Å². The van der Waals surface area contributed by atoms with E-state index in [9.17, 15) is 9.59 Å². The van der Waals surface area contributed by atoms with Crippen molar-refractivity contribution in [3.8, 4) is 5.75 Å². The molecule has 0 aromatic heterocycles. The number of ether oxygens (including phenoxy) is 2. The van der Waals surface area contributed by atoms with Crippen LogP contribution in [0.1, 0.15) is 27.2 Å². The molecule has 0 radical (unpaired) electrons. The van der Waals surface area contributed by atoms with E-state index in [0.717, 1.165) is 0 Å². The van der Waals surface area contributed by atoms with Gasteiger partial charge in [0.1, 0.15) is 17.4 Å². The zero-order valence-corrected chi connectivity index (χ0v) is 12.6. The Kier molecular flexibility index (Phi) is 4.46. The number of para-hydroxylation sites is 1. The fourth-order valence-electron chi connectivity index (χ4n) is 2.60. The number of hydrogen-bond donors (Lipinski definition) is 0. The number of carbonyl (C=O) groups is 2. The van der Waals surface area contributed by atoms with Gasteiger partial charge in [-0.2, -0.15) is 0 Å². The van der Waals surface area contributed by atoms with E-state index >= 15 is 0 Å². The average Bonchev–Trinajstić information content (AvgIpc) is 2.38. The highest BCUT2D eigenvalue weighted by Crippen LogP contribution is 2.40. The predicted molar refractivity (Wildman–Crippen MR) is 78.7 cm³/mol. The second-order valence-corrected chi connectivity index (χ2v) is 5.78. The molecular weight excluding hydrogens is 268 g/mol. The maximum atomic E-state index is 12.3. The Labute approximate surface area is 124 Å². The molecule has 1 aliphatic carbocycles. The zero-order valence-electron chi connectivity index (χ0n) is 12.6. The van der Waals surface area contributed by atoms with Crippen molar-refractivity contribution < 1.29 is 19.1 Å². The van der Waals surface area contributed by atoms with Crippen LogP contribution in [0.25, 0.3) is 0 Å². The lowest BCUT2D eigenvalue weighted by Gasteiger charge is -2.34. The van der Waals surface area contributed by atoms with Crippen molar-refractivity contribution in [1.82, 2.24) is 0 Å². The molecule has 0 spiro atoms. The molecule has 0 fully saturated rings. The van der Waals surface area contributed by atoms with E-state index in [4.69, 9.17) is 9.47 Å². The van der Waals surface area contributed by atoms with Gasteiger partial charge in [-0.15, -0.1) is 0 Å². The van der Waals surface area contributed by atoms with E-state index in [0.29, 0.717) is 17.9 Å². The first kappa shape index (κ1) is 15.3. The Hall–Kier alpha value is -2.10. The van der Waals surface area contributed by atoms with Gasteiger partial charge < -0.3 is 9.47 Å². The molecule has 21 heavy (non-hydrogen) atoms. The number of ketones is 1. The second kappa shape index (κ2) is 6.12. The summed E-state index contributed by atoms with van der Waals surface area (Å²) in [6.45, 7) is 5.77. The first-order chi connectivity index (χ1) is 9.94. The molecule has 1 aliphatic rings. The van der Waals surface area contributed by atoms with Crippen molar-refractivity contribution in [2.45, 2.75) is 27.2 Å². The Morgan fingerprint density at radius 2 is 1.95 bits per heavy atom. The van der Waals surface area contributed by atoms with Gasteiger partial charge in [-0.05, 0) is 24.5 Å². The highest BCUT2D eigenvalue weighted by molar-refractivity contribution is 6.06. The summed E-state index contributed by atoms with van der Waals surface area (Å²) in [5.74, 6) is -0.211. The summed E-state index contributed by atoms with van der Waals surface area (Å²) >= 11 is 0. The molecular formula is C17H20O4. The van der Waals surface area contributed by atoms with Gasteiger partial charge in [0.25, 0.3) is 0 Å². The number of hydrogen-bond acceptors (Lipinski definition) is 4. The smallest absolute Gasteiger partial charge is 0.317 e. The molecule has 0 N–H and O–H groups in total. The van der Waals surface area contributed by atoms with E-state index in [1.807, 2.05) is 44.2 Å². The molecule has 1 aromatic carbocycles. The van der Waals surface area contributed by atoms with Gasteiger partial charge in [0.2, 0.25) is 0 Å². The van der Waals surface area contributed by atoms with Crippen LogP contribution in [0.15, 0.2) is 42.2 Å². The molecule has 0 bridgehead atoms. The van der Waals surface area contributed by atoms with Crippen molar-refractivity contribution in [3.05, 3.63) is 42.2 Å². The Bertz CT molecular complexity index is 557. The third kappa shape index (κ3) is 3.51. The van der Waals surface area contributed by atoms with Gasteiger partial charge in [-0.1, -0.05) is 32.0 Å². The van der Waals surface area contributed by atoms with Crippen LogP contribution >= 0.6 is 0 Å². The summed E-state index contributed by atoms with van der Waals surface area (Å²) in [6, 6.07) is 9.29. The highest BCUT2D eigenvalue weighted by atomic mass is 16.5. The standard InChI is InChI=1S/C17H20O4/c1-4-20-16(19)15-14(18)10-13(11-17(15,2)3)21-12-8-6-5-7-9-12/h5-10,15H,4,11H2,1-3H3. The van der Waals surface area contributed by atoms with Gasteiger partial charge >= 0.3 is 5.97 Å². The van der Waals surface area contributed by atoms with Crippen molar-refractivity contribution in [2.75, 3.05) is 6.61 Å². The van der Waals surface area contributed by atoms with Crippen LogP contribution < -0.4 is 4.74 Å². The Balaban J connectivity index is 2.20. The van der Waals surface area contributed by atoms with Crippen molar-refractivity contribution in [1.29, 1.82) is 0 Å². The zero-order chi connectivity index (χ0) is 15.5. The number of allylic oxidation sites excluding steroid dienone is 2. The van der Waals surface area contributed by atoms with Crippen molar-refractivity contribution >= 4 is 11.8 Å². The van der Waals surface area contributed by atoms with E-state index < -0.39 is 17.3 Å². The normalized spacial score (nSPS) is 20.6. The number of rotatable bonds is 4. The molecule has 4 heteroatoms. The van der Waals surface area contributed by atoms with Gasteiger partial charge in [0, 0.05) is 12.5 Å². The molecule has 4 nitrogen and oxygen atoms in total. The molecule has 0 aliphatic heterocycles. The summed E-state index contributed by atoms with van der Waals surface area (Å²) in [6.07, 6.45) is 1.93. The molecule has 1 aromatic rings. The Morgan fingerprint density at radius 1 is 1.29 bits per heavy atom. The Morgan fingerprint density at radius 3 is 2.52 bits per heavy atom. The van der Waals surface area contributed by atoms with Gasteiger partial charge in [-0.25, -0.2) is 0 Å². The SMILES string of the molecule is CCOC(=O)C1C(=O)C=C(Oc2ccccc2)CC1(C)C. The van der Waals surface area contributed by atoms with E-state index in [-0.39, 0.29) is 12.4 Å². The summed E-state index contributed by atoms with van der Waals surface area (Å²) in [7, 11) is 0. The van der Waals surface area contributed by atoms with Gasteiger partial charge in [0.15, 0.2) is 5.78 Å². The van der Waals surface area contributed by atoms with Crippen LogP contribution in [0.5, 0.6) is 5.75 Å². The highest BCUT2D eigenvalue weighted by Gasteiger charge is 2.45. The topological polar surface area (TPSA) is 52.6 Å². The fraction of sp³-hybridized carbons (Fsp3) is 0.412. The summed E-state index contributed by atoms with van der Waals surface area (Å²) in [4.78, 5) is 24.2. The first-order valence-corrected chi connectivity index (χ1v) is 7.08. The van der Waals surface area contributed by atoms with Crippen LogP contribution in [0.2, 0.25) is 0 Å². The minimum Gasteiger partial charge on any atom is -0.465 e. The molecule has 1 unspecified atom stereocenters. The maximum absolute atomic E-state index is 12.3. The summed E-state index contributed by atoms with van der Waals surface area (Å²) < 4.78 is 10.7. The monoisotopic (exact) mass is 288 g/mol. The van der Waals surface area contributed by atoms with Crippen molar-refractivity contribution in [3.63, 3.8) is 0 Å². The molecule has 112 valence electrons. The van der Waals surface area contributed by atoms with Crippen LogP contribution in [0, 0.1) is 11.3 Å². The second-order valence-electron chi connectivity index (χ2n) is 5.78. The van der Waals surface area contributed by atoms with E-state index in [1.54, 1.807) is 6.92 Å². The lowest BCUT2D eigenvalue weighted by molar-refractivity contribution is -0.156. The third-order valence-electron chi connectivity index (χ3n) is 3.51. The predicted octanol–water partition coefficient (Wildman–Crippen LogP) is 3.13. The van der Waals surface area contributed by atoms with E-state index in [1.165, 1.54) is 6.08 Å². The number of benzene rings is 1. The molecule has 1 atom stereocenters. The number of esters is 1. The van der Waals surface area contributed by atoms with Gasteiger partial charge in [-0.3, -0.25) is 9.59 Å². The minimum absolute atomic E-state index is 0.254. The summed E-state index contributed by atoms with van der Waals surface area (Å²) in [5, 5.41) is 0. The summed E-state index contributed by atoms with van der Waals surface area (Å²) in [5.41, 5.74) is -0.526.